The third-order valence-electron chi connectivity index (χ3n) is 1.89. The van der Waals surface area contributed by atoms with Gasteiger partial charge in [0.1, 0.15) is 11.3 Å². The molecule has 0 aliphatic heterocycles. The van der Waals surface area contributed by atoms with E-state index in [1.807, 2.05) is 19.1 Å². The first-order valence-electron chi connectivity index (χ1n) is 4.54. The lowest BCUT2D eigenvalue weighted by Crippen LogP contribution is -2.04. The minimum atomic E-state index is 0.0110. The summed E-state index contributed by atoms with van der Waals surface area (Å²) in [6.45, 7) is 1.94. The maximum absolute atomic E-state index is 5.78. The van der Waals surface area contributed by atoms with Crippen LogP contribution in [0.1, 0.15) is 18.5 Å². The van der Waals surface area contributed by atoms with Crippen molar-refractivity contribution in [2.75, 3.05) is 0 Å². The van der Waals surface area contributed by atoms with Gasteiger partial charge < -0.3 is 10.2 Å². The van der Waals surface area contributed by atoms with Crippen LogP contribution in [-0.2, 0) is 0 Å². The molecule has 0 saturated carbocycles. The van der Waals surface area contributed by atoms with Crippen molar-refractivity contribution in [2.45, 2.75) is 23.2 Å². The van der Waals surface area contributed by atoms with E-state index >= 15 is 0 Å². The number of nitrogens with two attached hydrogens (primary N) is 1. The van der Waals surface area contributed by atoms with E-state index in [4.69, 9.17) is 10.2 Å². The van der Waals surface area contributed by atoms with E-state index in [0.717, 1.165) is 10.6 Å². The second-order valence-electron chi connectivity index (χ2n) is 3.12. The molecule has 2 N–H and O–H groups in total. The van der Waals surface area contributed by atoms with Crippen molar-refractivity contribution in [2.24, 2.45) is 5.73 Å². The molecule has 2 rings (SSSR count). The molecule has 0 unspecified atom stereocenters. The average molecular weight is 221 g/mol. The van der Waals surface area contributed by atoms with Crippen molar-refractivity contribution in [1.29, 1.82) is 0 Å². The van der Waals surface area contributed by atoms with Crippen LogP contribution < -0.4 is 5.73 Å². The lowest BCUT2D eigenvalue weighted by atomic mass is 10.1. The molecule has 0 spiro atoms. The Kier molecular flexibility index (Phi) is 3.03. The fraction of sp³-hybridized carbons (Fsp3) is 0.200. The summed E-state index contributed by atoms with van der Waals surface area (Å²) in [6, 6.07) is 3.86. The first-order chi connectivity index (χ1) is 7.25. The summed E-state index contributed by atoms with van der Waals surface area (Å²) in [5, 5.41) is 1.43. The number of pyridine rings is 1. The van der Waals surface area contributed by atoms with E-state index in [9.17, 15) is 0 Å². The number of nitrogens with zero attached hydrogens (tertiary/aromatic N) is 2. The van der Waals surface area contributed by atoms with Gasteiger partial charge in [-0.15, -0.1) is 0 Å². The predicted octanol–water partition coefficient (Wildman–Crippen LogP) is 2.24. The van der Waals surface area contributed by atoms with Gasteiger partial charge in [-0.2, -0.15) is 0 Å². The second-order valence-corrected chi connectivity index (χ2v) is 4.09. The zero-order valence-corrected chi connectivity index (χ0v) is 9.07. The van der Waals surface area contributed by atoms with Gasteiger partial charge in [-0.3, -0.25) is 0 Å². The van der Waals surface area contributed by atoms with E-state index in [0.29, 0.717) is 5.22 Å². The highest BCUT2D eigenvalue weighted by Crippen LogP contribution is 2.25. The Hall–Kier alpha value is -1.33. The standard InChI is InChI=1S/C10H11N3OS/c1-7(11)8-2-3-12-9(6-8)15-10-13-4-5-14-10/h2-7H,11H2,1H3/t7-/m0/s1. The molecule has 2 heterocycles. The van der Waals surface area contributed by atoms with Crippen molar-refractivity contribution in [3.63, 3.8) is 0 Å². The highest BCUT2D eigenvalue weighted by Gasteiger charge is 2.05. The predicted molar refractivity (Wildman–Crippen MR) is 57.5 cm³/mol. The van der Waals surface area contributed by atoms with E-state index < -0.39 is 0 Å². The number of oxazole rings is 1. The summed E-state index contributed by atoms with van der Waals surface area (Å²) in [7, 11) is 0. The molecule has 0 aromatic carbocycles. The van der Waals surface area contributed by atoms with Gasteiger partial charge in [0.15, 0.2) is 0 Å². The summed E-state index contributed by atoms with van der Waals surface area (Å²) < 4.78 is 5.12. The molecule has 0 aliphatic rings. The fourth-order valence-electron chi connectivity index (χ4n) is 1.11. The molecule has 78 valence electrons. The number of aromatic nitrogens is 2. The summed E-state index contributed by atoms with van der Waals surface area (Å²) in [6.07, 6.45) is 4.89. The molecular weight excluding hydrogens is 210 g/mol. The van der Waals surface area contributed by atoms with Gasteiger partial charge in [-0.25, -0.2) is 9.97 Å². The molecule has 0 aliphatic carbocycles. The van der Waals surface area contributed by atoms with E-state index in [2.05, 4.69) is 9.97 Å². The maximum Gasteiger partial charge on any atom is 0.261 e. The van der Waals surface area contributed by atoms with Gasteiger partial charge in [-0.05, 0) is 36.4 Å². The van der Waals surface area contributed by atoms with Crippen molar-refractivity contribution in [3.05, 3.63) is 36.4 Å². The molecular formula is C10H11N3OS. The highest BCUT2D eigenvalue weighted by atomic mass is 32.2. The molecule has 4 nitrogen and oxygen atoms in total. The molecule has 0 saturated heterocycles. The normalized spacial score (nSPS) is 12.7. The summed E-state index contributed by atoms with van der Waals surface area (Å²) in [4.78, 5) is 8.22. The van der Waals surface area contributed by atoms with Crippen LogP contribution in [0.4, 0.5) is 0 Å². The Bertz CT molecular complexity index is 428. The van der Waals surface area contributed by atoms with Crippen LogP contribution in [0.15, 0.2) is 45.5 Å². The molecule has 0 fully saturated rings. The molecule has 0 bridgehead atoms. The topological polar surface area (TPSA) is 64.9 Å². The number of hydrogen-bond donors (Lipinski definition) is 1. The minimum Gasteiger partial charge on any atom is -0.440 e. The largest absolute Gasteiger partial charge is 0.440 e. The zero-order chi connectivity index (χ0) is 10.7. The third kappa shape index (κ3) is 2.57. The van der Waals surface area contributed by atoms with E-state index in [1.54, 1.807) is 12.4 Å². The average Bonchev–Trinajstić information content (AvgIpc) is 2.71. The molecule has 0 radical (unpaired) electrons. The van der Waals surface area contributed by atoms with Crippen molar-refractivity contribution in [3.8, 4) is 0 Å². The lowest BCUT2D eigenvalue weighted by molar-refractivity contribution is 0.454. The van der Waals surface area contributed by atoms with Crippen LogP contribution in [-0.4, -0.2) is 9.97 Å². The Morgan fingerprint density at radius 3 is 2.93 bits per heavy atom. The molecule has 15 heavy (non-hydrogen) atoms. The molecule has 5 heteroatoms. The van der Waals surface area contributed by atoms with Crippen molar-refractivity contribution < 1.29 is 4.42 Å². The third-order valence-corrected chi connectivity index (χ3v) is 2.69. The summed E-state index contributed by atoms with van der Waals surface area (Å²) >= 11 is 1.38. The van der Waals surface area contributed by atoms with E-state index in [1.165, 1.54) is 18.0 Å². The Labute approximate surface area is 91.9 Å². The first-order valence-corrected chi connectivity index (χ1v) is 5.36. The Balaban J connectivity index is 2.18. The Morgan fingerprint density at radius 1 is 1.40 bits per heavy atom. The van der Waals surface area contributed by atoms with Crippen LogP contribution in [0.25, 0.3) is 0 Å². The minimum absolute atomic E-state index is 0.0110. The molecule has 2 aromatic rings. The Morgan fingerprint density at radius 2 is 2.27 bits per heavy atom. The fourth-order valence-corrected chi connectivity index (χ4v) is 1.82. The summed E-state index contributed by atoms with van der Waals surface area (Å²) in [5.41, 5.74) is 6.83. The molecule has 0 amide bonds. The van der Waals surface area contributed by atoms with Gasteiger partial charge >= 0.3 is 0 Å². The highest BCUT2D eigenvalue weighted by molar-refractivity contribution is 7.99. The first kappa shape index (κ1) is 10.2. The van der Waals surface area contributed by atoms with Crippen LogP contribution in [0.2, 0.25) is 0 Å². The number of rotatable bonds is 3. The summed E-state index contributed by atoms with van der Waals surface area (Å²) in [5.74, 6) is 0. The quantitative estimate of drug-likeness (QED) is 0.861. The second kappa shape index (κ2) is 4.46. The van der Waals surface area contributed by atoms with E-state index in [-0.39, 0.29) is 6.04 Å². The van der Waals surface area contributed by atoms with Gasteiger partial charge in [0.05, 0.1) is 6.20 Å². The van der Waals surface area contributed by atoms with Gasteiger partial charge in [0.25, 0.3) is 5.22 Å². The van der Waals surface area contributed by atoms with Gasteiger partial charge in [-0.1, -0.05) is 0 Å². The number of hydrogen-bond acceptors (Lipinski definition) is 5. The maximum atomic E-state index is 5.78. The van der Waals surface area contributed by atoms with Crippen molar-refractivity contribution in [1.82, 2.24) is 9.97 Å². The lowest BCUT2D eigenvalue weighted by Gasteiger charge is -2.05. The zero-order valence-electron chi connectivity index (χ0n) is 8.25. The van der Waals surface area contributed by atoms with Gasteiger partial charge in [0.2, 0.25) is 0 Å². The molecule has 2 aromatic heterocycles. The van der Waals surface area contributed by atoms with Crippen LogP contribution >= 0.6 is 11.8 Å². The van der Waals surface area contributed by atoms with Crippen LogP contribution in [0, 0.1) is 0 Å². The van der Waals surface area contributed by atoms with Gasteiger partial charge in [0, 0.05) is 12.2 Å². The molecule has 1 atom stereocenters. The van der Waals surface area contributed by atoms with Crippen LogP contribution in [0.5, 0.6) is 0 Å². The SMILES string of the molecule is C[C@H](N)c1ccnc(Sc2ncco2)c1. The smallest absolute Gasteiger partial charge is 0.261 e. The monoisotopic (exact) mass is 221 g/mol. The van der Waals surface area contributed by atoms with Crippen molar-refractivity contribution >= 4 is 11.8 Å². The van der Waals surface area contributed by atoms with Crippen LogP contribution in [0.3, 0.4) is 0 Å².